The van der Waals surface area contributed by atoms with Gasteiger partial charge in [-0.2, -0.15) is 4.31 Å². The predicted molar refractivity (Wildman–Crippen MR) is 76.4 cm³/mol. The van der Waals surface area contributed by atoms with Crippen LogP contribution in [-0.2, 0) is 14.8 Å². The molecule has 21 heavy (non-hydrogen) atoms. The molecule has 0 aromatic heterocycles. The number of benzene rings is 1. The second kappa shape index (κ2) is 7.17. The summed E-state index contributed by atoms with van der Waals surface area (Å²) in [6.07, 6.45) is 0. The molecule has 0 aliphatic carbocycles. The Bertz CT molecular complexity index is 622. The van der Waals surface area contributed by atoms with Crippen LogP contribution in [0.5, 0.6) is 0 Å². The molecule has 6 nitrogen and oxygen atoms in total. The second-order valence-electron chi connectivity index (χ2n) is 4.59. The minimum atomic E-state index is -4.28. The third kappa shape index (κ3) is 4.63. The Balaban J connectivity index is 3.19. The number of carbonyl (C=O) groups is 1. The molecule has 0 radical (unpaired) electrons. The van der Waals surface area contributed by atoms with Crippen LogP contribution in [0.1, 0.15) is 0 Å². The van der Waals surface area contributed by atoms with E-state index >= 15 is 0 Å². The molecule has 0 amide bonds. The van der Waals surface area contributed by atoms with Gasteiger partial charge < -0.3 is 10.0 Å². The van der Waals surface area contributed by atoms with Crippen molar-refractivity contribution in [1.29, 1.82) is 0 Å². The average Bonchev–Trinajstić information content (AvgIpc) is 2.36. The number of hydrogen-bond donors (Lipinski definition) is 1. The van der Waals surface area contributed by atoms with Crippen molar-refractivity contribution >= 4 is 27.6 Å². The standard InChI is InChI=1S/C12H16ClFN2O4S/c1-15(2)6-7-16(8-11(17)18)21(19,20)10-5-3-4-9(13)12(10)14/h3-5H,6-8H2,1-2H3,(H,17,18). The Morgan fingerprint density at radius 2 is 1.95 bits per heavy atom. The number of halogens is 2. The first-order chi connectivity index (χ1) is 9.66. The molecule has 0 aliphatic heterocycles. The van der Waals surface area contributed by atoms with Crippen molar-refractivity contribution in [3.63, 3.8) is 0 Å². The molecule has 1 aromatic rings. The maximum atomic E-state index is 13.9. The predicted octanol–water partition coefficient (Wildman–Crippen LogP) is 1.12. The summed E-state index contributed by atoms with van der Waals surface area (Å²) in [4.78, 5) is 11.9. The monoisotopic (exact) mass is 338 g/mol. The highest BCUT2D eigenvalue weighted by Gasteiger charge is 2.29. The zero-order chi connectivity index (χ0) is 16.2. The zero-order valence-electron chi connectivity index (χ0n) is 11.6. The van der Waals surface area contributed by atoms with Crippen LogP contribution in [0, 0.1) is 5.82 Å². The molecule has 1 N–H and O–H groups in total. The van der Waals surface area contributed by atoms with Crippen molar-refractivity contribution < 1.29 is 22.7 Å². The normalized spacial score (nSPS) is 12.1. The Morgan fingerprint density at radius 3 is 2.48 bits per heavy atom. The number of hydrogen-bond acceptors (Lipinski definition) is 4. The van der Waals surface area contributed by atoms with E-state index in [2.05, 4.69) is 0 Å². The lowest BCUT2D eigenvalue weighted by Crippen LogP contribution is -2.40. The molecule has 0 fully saturated rings. The van der Waals surface area contributed by atoms with Crippen molar-refractivity contribution in [2.45, 2.75) is 4.90 Å². The Hall–Kier alpha value is -1.22. The van der Waals surface area contributed by atoms with Gasteiger partial charge in [0.05, 0.1) is 5.02 Å². The van der Waals surface area contributed by atoms with Gasteiger partial charge in [-0.25, -0.2) is 12.8 Å². The SMILES string of the molecule is CN(C)CCN(CC(=O)O)S(=O)(=O)c1cccc(Cl)c1F. The first-order valence-electron chi connectivity index (χ1n) is 5.97. The molecule has 0 atom stereocenters. The number of nitrogens with zero attached hydrogens (tertiary/aromatic N) is 2. The van der Waals surface area contributed by atoms with Gasteiger partial charge in [0.25, 0.3) is 0 Å². The Labute approximate surface area is 127 Å². The van der Waals surface area contributed by atoms with Crippen LogP contribution in [-0.4, -0.2) is 62.4 Å². The van der Waals surface area contributed by atoms with Gasteiger partial charge in [0.2, 0.25) is 10.0 Å². The van der Waals surface area contributed by atoms with Gasteiger partial charge >= 0.3 is 5.97 Å². The summed E-state index contributed by atoms with van der Waals surface area (Å²) in [5, 5.41) is 8.51. The van der Waals surface area contributed by atoms with E-state index in [4.69, 9.17) is 16.7 Å². The number of aliphatic carboxylic acids is 1. The van der Waals surface area contributed by atoms with E-state index in [-0.39, 0.29) is 11.6 Å². The number of carboxylic acids is 1. The van der Waals surface area contributed by atoms with Gasteiger partial charge in [-0.05, 0) is 26.2 Å². The highest BCUT2D eigenvalue weighted by Crippen LogP contribution is 2.24. The minimum Gasteiger partial charge on any atom is -0.480 e. The first kappa shape index (κ1) is 17.8. The summed E-state index contributed by atoms with van der Waals surface area (Å²) in [6, 6.07) is 3.57. The lowest BCUT2D eigenvalue weighted by molar-refractivity contribution is -0.137. The van der Waals surface area contributed by atoms with Gasteiger partial charge in [-0.3, -0.25) is 4.79 Å². The molecule has 1 aromatic carbocycles. The molecule has 0 bridgehead atoms. The van der Waals surface area contributed by atoms with Crippen LogP contribution >= 0.6 is 11.6 Å². The van der Waals surface area contributed by atoms with Gasteiger partial charge in [0, 0.05) is 13.1 Å². The van der Waals surface area contributed by atoms with Crippen molar-refractivity contribution in [1.82, 2.24) is 9.21 Å². The number of rotatable bonds is 7. The van der Waals surface area contributed by atoms with Crippen LogP contribution in [0.25, 0.3) is 0 Å². The molecule has 0 unspecified atom stereocenters. The van der Waals surface area contributed by atoms with Crippen LogP contribution in [0.2, 0.25) is 5.02 Å². The van der Waals surface area contributed by atoms with Crippen LogP contribution in [0.4, 0.5) is 4.39 Å². The molecule has 1 rings (SSSR count). The largest absolute Gasteiger partial charge is 0.480 e. The third-order valence-electron chi connectivity index (χ3n) is 2.64. The average molecular weight is 339 g/mol. The maximum absolute atomic E-state index is 13.9. The summed E-state index contributed by atoms with van der Waals surface area (Å²) in [7, 11) is -0.851. The summed E-state index contributed by atoms with van der Waals surface area (Å²) < 4.78 is 39.4. The van der Waals surface area contributed by atoms with Crippen molar-refractivity contribution in [3.8, 4) is 0 Å². The summed E-state index contributed by atoms with van der Waals surface area (Å²) in [6.45, 7) is -0.523. The molecule has 0 heterocycles. The van der Waals surface area contributed by atoms with Crippen molar-refractivity contribution in [2.75, 3.05) is 33.7 Å². The zero-order valence-corrected chi connectivity index (χ0v) is 13.2. The lowest BCUT2D eigenvalue weighted by Gasteiger charge is -2.22. The number of likely N-dealkylation sites (N-methyl/N-ethyl adjacent to an activating group) is 1. The minimum absolute atomic E-state index is 0.0758. The van der Waals surface area contributed by atoms with E-state index in [1.165, 1.54) is 12.1 Å². The fourth-order valence-electron chi connectivity index (χ4n) is 1.57. The van der Waals surface area contributed by atoms with Crippen LogP contribution < -0.4 is 0 Å². The molecular weight excluding hydrogens is 323 g/mol. The number of sulfonamides is 1. The first-order valence-corrected chi connectivity index (χ1v) is 7.78. The van der Waals surface area contributed by atoms with E-state index in [9.17, 15) is 17.6 Å². The molecule has 0 saturated heterocycles. The molecule has 0 saturated carbocycles. The molecular formula is C12H16ClFN2O4S. The van der Waals surface area contributed by atoms with E-state index in [0.717, 1.165) is 6.07 Å². The smallest absolute Gasteiger partial charge is 0.318 e. The molecule has 0 spiro atoms. The molecule has 0 aliphatic rings. The topological polar surface area (TPSA) is 77.9 Å². The maximum Gasteiger partial charge on any atom is 0.318 e. The summed E-state index contributed by atoms with van der Waals surface area (Å²) >= 11 is 5.58. The lowest BCUT2D eigenvalue weighted by atomic mass is 10.3. The van der Waals surface area contributed by atoms with Gasteiger partial charge in [-0.15, -0.1) is 0 Å². The molecule has 118 valence electrons. The van der Waals surface area contributed by atoms with E-state index in [1.54, 1.807) is 19.0 Å². The second-order valence-corrected chi connectivity index (χ2v) is 6.90. The number of carboxylic acid groups (broad SMARTS) is 1. The van der Waals surface area contributed by atoms with Gasteiger partial charge in [0.1, 0.15) is 11.4 Å². The van der Waals surface area contributed by atoms with Crippen LogP contribution in [0.3, 0.4) is 0 Å². The Morgan fingerprint density at radius 1 is 1.33 bits per heavy atom. The van der Waals surface area contributed by atoms with E-state index < -0.39 is 33.3 Å². The summed E-state index contributed by atoms with van der Waals surface area (Å²) in [5.41, 5.74) is 0. The highest BCUT2D eigenvalue weighted by atomic mass is 35.5. The van der Waals surface area contributed by atoms with Crippen molar-refractivity contribution in [3.05, 3.63) is 29.0 Å². The fourth-order valence-corrected chi connectivity index (χ4v) is 3.27. The van der Waals surface area contributed by atoms with Crippen molar-refractivity contribution in [2.24, 2.45) is 0 Å². The summed E-state index contributed by atoms with van der Waals surface area (Å²) in [5.74, 6) is -2.40. The Kier molecular flexibility index (Phi) is 6.09. The van der Waals surface area contributed by atoms with E-state index in [1.807, 2.05) is 0 Å². The van der Waals surface area contributed by atoms with E-state index in [0.29, 0.717) is 10.8 Å². The van der Waals surface area contributed by atoms with Gasteiger partial charge in [-0.1, -0.05) is 17.7 Å². The molecule has 9 heteroatoms. The third-order valence-corrected chi connectivity index (χ3v) is 4.80. The van der Waals surface area contributed by atoms with Gasteiger partial charge in [0.15, 0.2) is 5.82 Å². The van der Waals surface area contributed by atoms with Crippen LogP contribution in [0.15, 0.2) is 23.1 Å². The highest BCUT2D eigenvalue weighted by molar-refractivity contribution is 7.89. The quantitative estimate of drug-likeness (QED) is 0.806. The fraction of sp³-hybridized carbons (Fsp3) is 0.417.